The van der Waals surface area contributed by atoms with E-state index >= 15 is 0 Å². The van der Waals surface area contributed by atoms with Crippen molar-refractivity contribution in [2.45, 2.75) is 13.2 Å². The fraction of sp³-hybridized carbons (Fsp3) is 0.200. The second kappa shape index (κ2) is 4.86. The minimum atomic E-state index is 0.0874. The Hall–Kier alpha value is -1.46. The molecule has 15 heavy (non-hydrogen) atoms. The average Bonchev–Trinajstić information content (AvgIpc) is 2.80. The topological polar surface area (TPSA) is 58.0 Å². The number of benzene rings is 1. The van der Waals surface area contributed by atoms with Gasteiger partial charge in [0.15, 0.2) is 0 Å². The molecule has 0 saturated carbocycles. The van der Waals surface area contributed by atoms with Gasteiger partial charge in [0.1, 0.15) is 6.33 Å². The minimum absolute atomic E-state index is 0.0874. The molecule has 0 radical (unpaired) electrons. The van der Waals surface area contributed by atoms with E-state index in [1.807, 2.05) is 24.3 Å². The van der Waals surface area contributed by atoms with Crippen LogP contribution in [0.4, 0.5) is 5.13 Å². The Morgan fingerprint density at radius 2 is 1.93 bits per heavy atom. The summed E-state index contributed by atoms with van der Waals surface area (Å²) in [5.41, 5.74) is 2.08. The number of hydrogen-bond donors (Lipinski definition) is 2. The molecule has 0 unspecified atom stereocenters. The van der Waals surface area contributed by atoms with Crippen LogP contribution in [0.2, 0.25) is 0 Å². The van der Waals surface area contributed by atoms with E-state index < -0.39 is 0 Å². The summed E-state index contributed by atoms with van der Waals surface area (Å²) in [5, 5.41) is 12.9. The second-order valence-electron chi connectivity index (χ2n) is 3.07. The molecule has 1 aromatic heterocycles. The minimum Gasteiger partial charge on any atom is -0.392 e. The lowest BCUT2D eigenvalue weighted by molar-refractivity contribution is 0.282. The highest BCUT2D eigenvalue weighted by Crippen LogP contribution is 2.10. The molecule has 5 heteroatoms. The summed E-state index contributed by atoms with van der Waals surface area (Å²) in [7, 11) is 0. The van der Waals surface area contributed by atoms with Crippen LogP contribution in [0.15, 0.2) is 30.6 Å². The first kappa shape index (κ1) is 10.1. The maximum atomic E-state index is 8.88. The zero-order valence-corrected chi connectivity index (χ0v) is 8.87. The summed E-state index contributed by atoms with van der Waals surface area (Å²) in [6.45, 7) is 0.811. The Kier molecular flexibility index (Phi) is 3.26. The fourth-order valence-corrected chi connectivity index (χ4v) is 1.62. The predicted octanol–water partition coefficient (Wildman–Crippen LogP) is 1.64. The third-order valence-corrected chi connectivity index (χ3v) is 2.63. The van der Waals surface area contributed by atoms with Crippen molar-refractivity contribution in [2.24, 2.45) is 0 Å². The smallest absolute Gasteiger partial charge is 0.202 e. The lowest BCUT2D eigenvalue weighted by Gasteiger charge is -2.03. The Labute approximate surface area is 91.8 Å². The molecule has 0 amide bonds. The molecule has 0 aliphatic heterocycles. The first-order valence-corrected chi connectivity index (χ1v) is 5.35. The molecule has 2 rings (SSSR count). The van der Waals surface area contributed by atoms with Crippen LogP contribution in [0.25, 0.3) is 0 Å². The normalized spacial score (nSPS) is 10.2. The van der Waals surface area contributed by atoms with Crippen molar-refractivity contribution >= 4 is 16.7 Å². The van der Waals surface area contributed by atoms with Gasteiger partial charge in [0, 0.05) is 18.1 Å². The molecule has 1 aromatic carbocycles. The van der Waals surface area contributed by atoms with Crippen molar-refractivity contribution in [3.05, 3.63) is 41.7 Å². The van der Waals surface area contributed by atoms with Gasteiger partial charge in [0.05, 0.1) is 6.61 Å². The van der Waals surface area contributed by atoms with E-state index in [-0.39, 0.29) is 6.61 Å². The molecule has 0 fully saturated rings. The van der Waals surface area contributed by atoms with Gasteiger partial charge in [-0.3, -0.25) is 0 Å². The van der Waals surface area contributed by atoms with Gasteiger partial charge in [-0.05, 0) is 11.1 Å². The van der Waals surface area contributed by atoms with Crippen LogP contribution in [-0.4, -0.2) is 14.5 Å². The molecule has 0 bridgehead atoms. The van der Waals surface area contributed by atoms with Gasteiger partial charge < -0.3 is 10.4 Å². The van der Waals surface area contributed by atoms with E-state index in [0.29, 0.717) is 0 Å². The van der Waals surface area contributed by atoms with Crippen molar-refractivity contribution in [1.29, 1.82) is 0 Å². The van der Waals surface area contributed by atoms with Crippen molar-refractivity contribution in [3.8, 4) is 0 Å². The standard InChI is InChI=1S/C10H11N3OS/c14-6-9-3-1-8(2-4-9)5-11-10-12-7-13-15-10/h1-4,7,14H,5-6H2,(H,11,12,13). The first-order valence-electron chi connectivity index (χ1n) is 4.57. The summed E-state index contributed by atoms with van der Waals surface area (Å²) < 4.78 is 3.90. The van der Waals surface area contributed by atoms with Gasteiger partial charge in [-0.2, -0.15) is 4.37 Å². The van der Waals surface area contributed by atoms with Crippen LogP contribution in [0, 0.1) is 0 Å². The molecule has 0 spiro atoms. The maximum absolute atomic E-state index is 8.88. The third-order valence-electron chi connectivity index (χ3n) is 2.01. The van der Waals surface area contributed by atoms with E-state index in [4.69, 9.17) is 5.11 Å². The zero-order chi connectivity index (χ0) is 10.5. The fourth-order valence-electron chi connectivity index (χ4n) is 1.19. The highest BCUT2D eigenvalue weighted by molar-refractivity contribution is 7.09. The summed E-state index contributed by atoms with van der Waals surface area (Å²) in [5.74, 6) is 0. The van der Waals surface area contributed by atoms with Gasteiger partial charge in [-0.15, -0.1) is 0 Å². The Morgan fingerprint density at radius 1 is 1.20 bits per heavy atom. The van der Waals surface area contributed by atoms with E-state index in [1.54, 1.807) is 0 Å². The Balaban J connectivity index is 1.93. The molecule has 2 N–H and O–H groups in total. The zero-order valence-electron chi connectivity index (χ0n) is 8.05. The SMILES string of the molecule is OCc1ccc(CNc2ncns2)cc1. The monoisotopic (exact) mass is 221 g/mol. The summed E-state index contributed by atoms with van der Waals surface area (Å²) in [6.07, 6.45) is 1.53. The van der Waals surface area contributed by atoms with Crippen LogP contribution in [-0.2, 0) is 13.2 Å². The largest absolute Gasteiger partial charge is 0.392 e. The van der Waals surface area contributed by atoms with Gasteiger partial charge in [0.2, 0.25) is 5.13 Å². The summed E-state index contributed by atoms with van der Waals surface area (Å²) in [4.78, 5) is 4.02. The molecule has 4 nitrogen and oxygen atoms in total. The third kappa shape index (κ3) is 2.74. The summed E-state index contributed by atoms with van der Waals surface area (Å²) >= 11 is 1.34. The second-order valence-corrected chi connectivity index (χ2v) is 3.85. The number of nitrogens with zero attached hydrogens (tertiary/aromatic N) is 2. The van der Waals surface area contributed by atoms with E-state index in [1.165, 1.54) is 17.9 Å². The highest BCUT2D eigenvalue weighted by Gasteiger charge is 1.96. The van der Waals surface area contributed by atoms with Crippen LogP contribution in [0.1, 0.15) is 11.1 Å². The molecule has 0 aliphatic carbocycles. The number of aliphatic hydroxyl groups excluding tert-OH is 1. The average molecular weight is 221 g/mol. The molecule has 0 saturated heterocycles. The van der Waals surface area contributed by atoms with Gasteiger partial charge >= 0.3 is 0 Å². The molecular weight excluding hydrogens is 210 g/mol. The lowest BCUT2D eigenvalue weighted by Crippen LogP contribution is -1.98. The van der Waals surface area contributed by atoms with Crippen LogP contribution in [0.5, 0.6) is 0 Å². The number of nitrogens with one attached hydrogen (secondary N) is 1. The summed E-state index contributed by atoms with van der Waals surface area (Å²) in [6, 6.07) is 7.80. The van der Waals surface area contributed by atoms with Crippen LogP contribution < -0.4 is 5.32 Å². The van der Waals surface area contributed by atoms with Crippen molar-refractivity contribution < 1.29 is 5.11 Å². The van der Waals surface area contributed by atoms with Crippen LogP contribution in [0.3, 0.4) is 0 Å². The maximum Gasteiger partial charge on any atom is 0.202 e. The number of aromatic nitrogens is 2. The molecule has 0 aliphatic rings. The number of rotatable bonds is 4. The van der Waals surface area contributed by atoms with E-state index in [2.05, 4.69) is 14.7 Å². The Bertz CT molecular complexity index is 399. The van der Waals surface area contributed by atoms with Crippen LogP contribution >= 0.6 is 11.5 Å². The van der Waals surface area contributed by atoms with Crippen molar-refractivity contribution in [2.75, 3.05) is 5.32 Å². The lowest BCUT2D eigenvalue weighted by atomic mass is 10.1. The van der Waals surface area contributed by atoms with E-state index in [0.717, 1.165) is 22.8 Å². The number of aliphatic hydroxyl groups is 1. The number of anilines is 1. The molecule has 1 heterocycles. The quantitative estimate of drug-likeness (QED) is 0.824. The van der Waals surface area contributed by atoms with Gasteiger partial charge in [-0.25, -0.2) is 4.98 Å². The van der Waals surface area contributed by atoms with Crippen molar-refractivity contribution in [3.63, 3.8) is 0 Å². The molecule has 0 atom stereocenters. The van der Waals surface area contributed by atoms with Gasteiger partial charge in [0.25, 0.3) is 0 Å². The Morgan fingerprint density at radius 3 is 2.53 bits per heavy atom. The predicted molar refractivity (Wildman–Crippen MR) is 59.6 cm³/mol. The molecule has 78 valence electrons. The first-order chi connectivity index (χ1) is 7.38. The highest BCUT2D eigenvalue weighted by atomic mass is 32.1. The van der Waals surface area contributed by atoms with E-state index in [9.17, 15) is 0 Å². The molecular formula is C10H11N3OS. The molecule has 2 aromatic rings. The van der Waals surface area contributed by atoms with Gasteiger partial charge in [-0.1, -0.05) is 24.3 Å². The number of hydrogen-bond acceptors (Lipinski definition) is 5. The van der Waals surface area contributed by atoms with Crippen molar-refractivity contribution in [1.82, 2.24) is 9.36 Å².